The minimum absolute atomic E-state index is 0. The first kappa shape index (κ1) is 18.7. The number of alkyl halides is 2. The van der Waals surface area contributed by atoms with E-state index in [0.29, 0.717) is 10.9 Å². The summed E-state index contributed by atoms with van der Waals surface area (Å²) in [6.07, 6.45) is 1.54. The number of fused-ring (bicyclic) bond motifs is 1. The molecular formula is C13H16ClF2N3O2S. The van der Waals surface area contributed by atoms with Crippen molar-refractivity contribution in [2.24, 2.45) is 5.73 Å². The third-order valence-corrected chi connectivity index (χ3v) is 4.50. The zero-order valence-electron chi connectivity index (χ0n) is 11.7. The fourth-order valence-electron chi connectivity index (χ4n) is 1.87. The van der Waals surface area contributed by atoms with Gasteiger partial charge in [0, 0.05) is 11.6 Å². The number of halogens is 3. The van der Waals surface area contributed by atoms with Crippen LogP contribution in [0.1, 0.15) is 5.56 Å². The highest BCUT2D eigenvalue weighted by atomic mass is 35.5. The molecule has 0 radical (unpaired) electrons. The van der Waals surface area contributed by atoms with Gasteiger partial charge in [-0.25, -0.2) is 21.9 Å². The van der Waals surface area contributed by atoms with Gasteiger partial charge in [-0.3, -0.25) is 4.98 Å². The minimum Gasteiger partial charge on any atom is -0.325 e. The lowest BCUT2D eigenvalue weighted by Gasteiger charge is -2.15. The van der Waals surface area contributed by atoms with E-state index in [-0.39, 0.29) is 17.3 Å². The Kier molecular flexibility index (Phi) is 5.80. The number of aromatic nitrogens is 1. The van der Waals surface area contributed by atoms with Gasteiger partial charge in [-0.2, -0.15) is 0 Å². The van der Waals surface area contributed by atoms with Crippen LogP contribution in [0.25, 0.3) is 10.9 Å². The van der Waals surface area contributed by atoms with Gasteiger partial charge in [0.1, 0.15) is 0 Å². The zero-order valence-corrected chi connectivity index (χ0v) is 13.3. The van der Waals surface area contributed by atoms with Crippen LogP contribution in [0.15, 0.2) is 35.4 Å². The largest absolute Gasteiger partial charge is 0.325 e. The number of sulfonamides is 1. The molecule has 5 nitrogen and oxygen atoms in total. The van der Waals surface area contributed by atoms with Crippen molar-refractivity contribution in [3.63, 3.8) is 0 Å². The van der Waals surface area contributed by atoms with E-state index in [0.717, 1.165) is 5.56 Å². The van der Waals surface area contributed by atoms with Crippen LogP contribution >= 0.6 is 12.4 Å². The van der Waals surface area contributed by atoms with E-state index in [1.165, 1.54) is 6.07 Å². The Bertz CT molecular complexity index is 769. The zero-order chi connectivity index (χ0) is 15.7. The molecule has 0 spiro atoms. The molecule has 0 saturated carbocycles. The molecule has 1 aromatic carbocycles. The number of nitrogens with two attached hydrogens (primary N) is 1. The number of rotatable bonds is 5. The summed E-state index contributed by atoms with van der Waals surface area (Å²) in [5.41, 5.74) is 6.21. The Hall–Kier alpha value is -1.35. The Balaban J connectivity index is 0.00000242. The fraction of sp³-hybridized carbons (Fsp3) is 0.308. The van der Waals surface area contributed by atoms with E-state index < -0.39 is 29.0 Å². The van der Waals surface area contributed by atoms with E-state index in [1.807, 2.05) is 4.72 Å². The minimum atomic E-state index is -4.07. The number of nitrogens with zero attached hydrogens (tertiary/aromatic N) is 1. The van der Waals surface area contributed by atoms with E-state index in [9.17, 15) is 17.2 Å². The average Bonchev–Trinajstić information content (AvgIpc) is 2.46. The van der Waals surface area contributed by atoms with Crippen molar-refractivity contribution in [3.8, 4) is 0 Å². The summed E-state index contributed by atoms with van der Waals surface area (Å²) in [5.74, 6) is -3.29. The van der Waals surface area contributed by atoms with Gasteiger partial charge < -0.3 is 5.73 Å². The SMILES string of the molecule is Cc1ccc(S(=O)(=O)NCC(F)(F)CN)c2cccnc12.Cl. The first-order chi connectivity index (χ1) is 9.77. The van der Waals surface area contributed by atoms with E-state index in [2.05, 4.69) is 4.98 Å². The van der Waals surface area contributed by atoms with Crippen molar-refractivity contribution in [1.82, 2.24) is 9.71 Å². The van der Waals surface area contributed by atoms with Crippen LogP contribution in [-0.2, 0) is 10.0 Å². The molecule has 0 amide bonds. The quantitative estimate of drug-likeness (QED) is 0.860. The molecule has 0 aliphatic carbocycles. The van der Waals surface area contributed by atoms with E-state index in [4.69, 9.17) is 5.73 Å². The van der Waals surface area contributed by atoms with Crippen molar-refractivity contribution in [2.45, 2.75) is 17.7 Å². The lowest BCUT2D eigenvalue weighted by Crippen LogP contribution is -2.41. The maximum absolute atomic E-state index is 13.1. The van der Waals surface area contributed by atoms with Crippen molar-refractivity contribution in [3.05, 3.63) is 36.0 Å². The molecule has 3 N–H and O–H groups in total. The average molecular weight is 352 g/mol. The standard InChI is InChI=1S/C13H15F2N3O2S.ClH/c1-9-4-5-11(10-3-2-6-17-12(9)10)21(19,20)18-8-13(14,15)7-16;/h2-6,18H,7-8,16H2,1H3;1H. The number of benzene rings is 1. The highest BCUT2D eigenvalue weighted by molar-refractivity contribution is 7.89. The third-order valence-electron chi connectivity index (χ3n) is 3.04. The molecule has 0 fully saturated rings. The molecule has 122 valence electrons. The molecule has 2 aromatic rings. The maximum Gasteiger partial charge on any atom is 0.273 e. The summed E-state index contributed by atoms with van der Waals surface area (Å²) >= 11 is 0. The number of aryl methyl sites for hydroxylation is 1. The van der Waals surface area contributed by atoms with Crippen LogP contribution in [0.4, 0.5) is 8.78 Å². The van der Waals surface area contributed by atoms with Crippen molar-refractivity contribution >= 4 is 33.3 Å². The molecule has 2 rings (SSSR count). The maximum atomic E-state index is 13.1. The van der Waals surface area contributed by atoms with Gasteiger partial charge in [-0.15, -0.1) is 12.4 Å². The van der Waals surface area contributed by atoms with Gasteiger partial charge in [0.25, 0.3) is 5.92 Å². The first-order valence-corrected chi connectivity index (χ1v) is 7.67. The van der Waals surface area contributed by atoms with Crippen molar-refractivity contribution in [1.29, 1.82) is 0 Å². The van der Waals surface area contributed by atoms with Gasteiger partial charge in [-0.05, 0) is 30.7 Å². The second-order valence-electron chi connectivity index (χ2n) is 4.66. The van der Waals surface area contributed by atoms with Crippen molar-refractivity contribution < 1.29 is 17.2 Å². The molecule has 9 heteroatoms. The van der Waals surface area contributed by atoms with Crippen LogP contribution < -0.4 is 10.5 Å². The molecule has 0 atom stereocenters. The summed E-state index contributed by atoms with van der Waals surface area (Å²) < 4.78 is 52.5. The Morgan fingerprint density at radius 1 is 1.32 bits per heavy atom. The highest BCUT2D eigenvalue weighted by Crippen LogP contribution is 2.24. The van der Waals surface area contributed by atoms with Gasteiger partial charge in [0.15, 0.2) is 0 Å². The van der Waals surface area contributed by atoms with Crippen molar-refractivity contribution in [2.75, 3.05) is 13.1 Å². The lowest BCUT2D eigenvalue weighted by molar-refractivity contribution is 0.0170. The van der Waals surface area contributed by atoms with Gasteiger partial charge in [-0.1, -0.05) is 6.07 Å². The first-order valence-electron chi connectivity index (χ1n) is 6.19. The van der Waals surface area contributed by atoms with Crippen LogP contribution in [-0.4, -0.2) is 32.4 Å². The number of hydrogen-bond donors (Lipinski definition) is 2. The predicted octanol–water partition coefficient (Wildman–Crippen LogP) is 1.84. The summed E-state index contributed by atoms with van der Waals surface area (Å²) in [5, 5.41) is 0.390. The Morgan fingerprint density at radius 2 is 2.00 bits per heavy atom. The molecule has 22 heavy (non-hydrogen) atoms. The second-order valence-corrected chi connectivity index (χ2v) is 6.40. The molecule has 0 unspecified atom stereocenters. The summed E-state index contributed by atoms with van der Waals surface area (Å²) in [6, 6.07) is 6.15. The third kappa shape index (κ3) is 3.89. The molecular weight excluding hydrogens is 336 g/mol. The smallest absolute Gasteiger partial charge is 0.273 e. The monoisotopic (exact) mass is 351 g/mol. The molecule has 1 heterocycles. The molecule has 0 aliphatic heterocycles. The lowest BCUT2D eigenvalue weighted by atomic mass is 10.1. The van der Waals surface area contributed by atoms with E-state index >= 15 is 0 Å². The molecule has 0 bridgehead atoms. The van der Waals surface area contributed by atoms with Crippen LogP contribution in [0, 0.1) is 6.92 Å². The summed E-state index contributed by atoms with van der Waals surface area (Å²) in [4.78, 5) is 4.04. The predicted molar refractivity (Wildman–Crippen MR) is 82.9 cm³/mol. The normalized spacial score (nSPS) is 12.2. The number of hydrogen-bond acceptors (Lipinski definition) is 4. The summed E-state index contributed by atoms with van der Waals surface area (Å²) in [6.45, 7) is -0.172. The second kappa shape index (κ2) is 6.82. The van der Waals surface area contributed by atoms with Gasteiger partial charge in [0.2, 0.25) is 10.0 Å². The topological polar surface area (TPSA) is 85.1 Å². The Morgan fingerprint density at radius 3 is 2.64 bits per heavy atom. The highest BCUT2D eigenvalue weighted by Gasteiger charge is 2.30. The molecule has 0 saturated heterocycles. The van der Waals surface area contributed by atoms with Gasteiger partial charge in [0.05, 0.1) is 23.5 Å². The van der Waals surface area contributed by atoms with E-state index in [1.54, 1.807) is 31.3 Å². The van der Waals surface area contributed by atoms with Crippen LogP contribution in [0.3, 0.4) is 0 Å². The van der Waals surface area contributed by atoms with Gasteiger partial charge >= 0.3 is 0 Å². The van der Waals surface area contributed by atoms with Crippen LogP contribution in [0.5, 0.6) is 0 Å². The number of nitrogens with one attached hydrogen (secondary N) is 1. The summed E-state index contributed by atoms with van der Waals surface area (Å²) in [7, 11) is -4.07. The number of pyridine rings is 1. The fourth-order valence-corrected chi connectivity index (χ4v) is 3.13. The molecule has 1 aromatic heterocycles. The Labute approximate surface area is 133 Å². The van der Waals surface area contributed by atoms with Crippen LogP contribution in [0.2, 0.25) is 0 Å². The molecule has 0 aliphatic rings.